The maximum atomic E-state index is 13.3. The van der Waals surface area contributed by atoms with Crippen molar-refractivity contribution in [2.75, 3.05) is 20.3 Å². The second kappa shape index (κ2) is 9.77. The molecule has 2 aromatic carbocycles. The SMILES string of the molecule is COc1ccc(S(=O)(=O)C(CNC(=O)COc2ccccc2C)c2cccs2)cc1. The maximum absolute atomic E-state index is 13.3. The summed E-state index contributed by atoms with van der Waals surface area (Å²) in [5, 5.41) is 3.62. The van der Waals surface area contributed by atoms with E-state index in [9.17, 15) is 13.2 Å². The molecule has 158 valence electrons. The van der Waals surface area contributed by atoms with Crippen LogP contribution in [-0.4, -0.2) is 34.6 Å². The van der Waals surface area contributed by atoms with Crippen molar-refractivity contribution in [2.45, 2.75) is 17.1 Å². The molecule has 30 heavy (non-hydrogen) atoms. The van der Waals surface area contributed by atoms with Crippen molar-refractivity contribution in [2.24, 2.45) is 0 Å². The zero-order valence-electron chi connectivity index (χ0n) is 16.7. The lowest BCUT2D eigenvalue weighted by Crippen LogP contribution is -2.34. The van der Waals surface area contributed by atoms with Crippen LogP contribution in [0.4, 0.5) is 0 Å². The minimum atomic E-state index is -3.72. The minimum absolute atomic E-state index is 0.0508. The van der Waals surface area contributed by atoms with Gasteiger partial charge in [-0.25, -0.2) is 8.42 Å². The van der Waals surface area contributed by atoms with E-state index in [-0.39, 0.29) is 24.0 Å². The summed E-state index contributed by atoms with van der Waals surface area (Å²) in [5.41, 5.74) is 0.920. The third-order valence-electron chi connectivity index (χ3n) is 4.56. The van der Waals surface area contributed by atoms with Crippen molar-refractivity contribution in [1.29, 1.82) is 0 Å². The van der Waals surface area contributed by atoms with Gasteiger partial charge in [-0.3, -0.25) is 4.79 Å². The van der Waals surface area contributed by atoms with Crippen LogP contribution in [0.2, 0.25) is 0 Å². The number of carbonyl (C=O) groups is 1. The Morgan fingerprint density at radius 1 is 1.07 bits per heavy atom. The summed E-state index contributed by atoms with van der Waals surface area (Å²) < 4.78 is 37.1. The predicted molar refractivity (Wildman–Crippen MR) is 117 cm³/mol. The topological polar surface area (TPSA) is 81.7 Å². The molecule has 0 aliphatic carbocycles. The molecule has 0 fully saturated rings. The molecule has 6 nitrogen and oxygen atoms in total. The first-order chi connectivity index (χ1) is 14.4. The monoisotopic (exact) mass is 445 g/mol. The van der Waals surface area contributed by atoms with Gasteiger partial charge >= 0.3 is 0 Å². The molecule has 1 amide bonds. The number of methoxy groups -OCH3 is 1. The van der Waals surface area contributed by atoms with Crippen molar-refractivity contribution in [3.05, 3.63) is 76.5 Å². The third kappa shape index (κ3) is 5.20. The van der Waals surface area contributed by atoms with E-state index >= 15 is 0 Å². The molecular formula is C22H23NO5S2. The van der Waals surface area contributed by atoms with Crippen LogP contribution in [0.25, 0.3) is 0 Å². The molecular weight excluding hydrogens is 422 g/mol. The van der Waals surface area contributed by atoms with E-state index < -0.39 is 15.1 Å². The lowest BCUT2D eigenvalue weighted by atomic mass is 10.2. The number of benzene rings is 2. The Kier molecular flexibility index (Phi) is 7.12. The number of thiophene rings is 1. The molecule has 0 aliphatic heterocycles. The first kappa shape index (κ1) is 21.9. The first-order valence-electron chi connectivity index (χ1n) is 9.28. The number of para-hydroxylation sites is 1. The van der Waals surface area contributed by atoms with Crippen LogP contribution in [0, 0.1) is 6.92 Å². The normalized spacial score (nSPS) is 12.2. The molecule has 0 spiro atoms. The molecule has 0 radical (unpaired) electrons. The molecule has 1 unspecified atom stereocenters. The van der Waals surface area contributed by atoms with Crippen LogP contribution in [0.5, 0.6) is 11.5 Å². The van der Waals surface area contributed by atoms with E-state index in [1.54, 1.807) is 30.3 Å². The molecule has 1 heterocycles. The van der Waals surface area contributed by atoms with E-state index in [1.807, 2.05) is 30.5 Å². The third-order valence-corrected chi connectivity index (χ3v) is 7.79. The summed E-state index contributed by atoms with van der Waals surface area (Å²) in [6.07, 6.45) is 0. The molecule has 0 saturated carbocycles. The number of hydrogen-bond acceptors (Lipinski definition) is 6. The highest BCUT2D eigenvalue weighted by Crippen LogP contribution is 2.32. The van der Waals surface area contributed by atoms with E-state index in [0.29, 0.717) is 16.4 Å². The summed E-state index contributed by atoms with van der Waals surface area (Å²) in [6.45, 7) is 1.65. The highest BCUT2D eigenvalue weighted by Gasteiger charge is 2.30. The van der Waals surface area contributed by atoms with Crippen LogP contribution in [-0.2, 0) is 14.6 Å². The summed E-state index contributed by atoms with van der Waals surface area (Å²) >= 11 is 1.34. The number of sulfone groups is 1. The van der Waals surface area contributed by atoms with Gasteiger partial charge in [0.1, 0.15) is 16.7 Å². The summed E-state index contributed by atoms with van der Waals surface area (Å²) in [5.74, 6) is 0.807. The van der Waals surface area contributed by atoms with Gasteiger partial charge in [0.05, 0.1) is 12.0 Å². The number of hydrogen-bond donors (Lipinski definition) is 1. The van der Waals surface area contributed by atoms with Gasteiger partial charge in [0.2, 0.25) is 0 Å². The smallest absolute Gasteiger partial charge is 0.257 e. The van der Waals surface area contributed by atoms with Gasteiger partial charge < -0.3 is 14.8 Å². The van der Waals surface area contributed by atoms with Gasteiger partial charge in [0.15, 0.2) is 16.4 Å². The minimum Gasteiger partial charge on any atom is -0.497 e. The zero-order chi connectivity index (χ0) is 21.6. The van der Waals surface area contributed by atoms with Crippen LogP contribution >= 0.6 is 11.3 Å². The lowest BCUT2D eigenvalue weighted by molar-refractivity contribution is -0.123. The molecule has 0 aliphatic rings. The van der Waals surface area contributed by atoms with Gasteiger partial charge in [-0.1, -0.05) is 24.3 Å². The van der Waals surface area contributed by atoms with Crippen molar-refractivity contribution in [1.82, 2.24) is 5.32 Å². The summed E-state index contributed by atoms with van der Waals surface area (Å²) in [6, 6.07) is 17.2. The first-order valence-corrected chi connectivity index (χ1v) is 11.7. The largest absolute Gasteiger partial charge is 0.497 e. The molecule has 3 aromatic rings. The summed E-state index contributed by atoms with van der Waals surface area (Å²) in [4.78, 5) is 13.1. The lowest BCUT2D eigenvalue weighted by Gasteiger charge is -2.18. The van der Waals surface area contributed by atoms with Crippen LogP contribution in [0.1, 0.15) is 15.7 Å². The fourth-order valence-corrected chi connectivity index (χ4v) is 5.67. The number of nitrogens with one attached hydrogen (secondary N) is 1. The van der Waals surface area contributed by atoms with Gasteiger partial charge in [-0.2, -0.15) is 0 Å². The molecule has 8 heteroatoms. The molecule has 3 rings (SSSR count). The molecule has 1 aromatic heterocycles. The number of rotatable bonds is 9. The van der Waals surface area contributed by atoms with Gasteiger partial charge in [0, 0.05) is 11.4 Å². The van der Waals surface area contributed by atoms with E-state index in [1.165, 1.54) is 30.6 Å². The van der Waals surface area contributed by atoms with E-state index in [0.717, 1.165) is 5.56 Å². The Labute approximate surface area is 180 Å². The Morgan fingerprint density at radius 3 is 2.43 bits per heavy atom. The van der Waals surface area contributed by atoms with Crippen LogP contribution in [0.15, 0.2) is 70.9 Å². The average Bonchev–Trinajstić information content (AvgIpc) is 3.27. The second-order valence-electron chi connectivity index (χ2n) is 6.58. The van der Waals surface area contributed by atoms with Crippen molar-refractivity contribution in [3.8, 4) is 11.5 Å². The number of aryl methyl sites for hydroxylation is 1. The van der Waals surface area contributed by atoms with Gasteiger partial charge in [0.25, 0.3) is 5.91 Å². The predicted octanol–water partition coefficient (Wildman–Crippen LogP) is 3.78. The highest BCUT2D eigenvalue weighted by molar-refractivity contribution is 7.91. The average molecular weight is 446 g/mol. The fraction of sp³-hybridized carbons (Fsp3) is 0.227. The Bertz CT molecular complexity index is 1080. The standard InChI is InChI=1S/C22H23NO5S2/c1-16-6-3-4-7-19(16)28-15-22(24)23-14-21(20-8-5-13-29-20)30(25,26)18-11-9-17(27-2)10-12-18/h3-13,21H,14-15H2,1-2H3,(H,23,24). The maximum Gasteiger partial charge on any atom is 0.257 e. The molecule has 1 atom stereocenters. The summed E-state index contributed by atoms with van der Waals surface area (Å²) in [7, 11) is -2.20. The zero-order valence-corrected chi connectivity index (χ0v) is 18.3. The van der Waals surface area contributed by atoms with Gasteiger partial charge in [-0.05, 0) is 54.3 Å². The van der Waals surface area contributed by atoms with Crippen LogP contribution in [0.3, 0.4) is 0 Å². The van der Waals surface area contributed by atoms with E-state index in [4.69, 9.17) is 9.47 Å². The Balaban J connectivity index is 1.71. The molecule has 0 bridgehead atoms. The highest BCUT2D eigenvalue weighted by atomic mass is 32.2. The Morgan fingerprint density at radius 2 is 1.80 bits per heavy atom. The number of amides is 1. The second-order valence-corrected chi connectivity index (χ2v) is 9.69. The van der Waals surface area contributed by atoms with Crippen molar-refractivity contribution in [3.63, 3.8) is 0 Å². The molecule has 0 saturated heterocycles. The molecule has 1 N–H and O–H groups in total. The quantitative estimate of drug-likeness (QED) is 0.542. The van der Waals surface area contributed by atoms with Gasteiger partial charge in [-0.15, -0.1) is 11.3 Å². The van der Waals surface area contributed by atoms with Crippen LogP contribution < -0.4 is 14.8 Å². The Hall–Kier alpha value is -2.84. The van der Waals surface area contributed by atoms with E-state index in [2.05, 4.69) is 5.32 Å². The number of ether oxygens (including phenoxy) is 2. The number of carbonyl (C=O) groups excluding carboxylic acids is 1. The van der Waals surface area contributed by atoms with Crippen molar-refractivity contribution >= 4 is 27.1 Å². The fourth-order valence-electron chi connectivity index (χ4n) is 2.89. The van der Waals surface area contributed by atoms with Crippen molar-refractivity contribution < 1.29 is 22.7 Å².